The Kier molecular flexibility index (Phi) is 4.55. The summed E-state index contributed by atoms with van der Waals surface area (Å²) in [5.41, 5.74) is 0.572. The summed E-state index contributed by atoms with van der Waals surface area (Å²) in [6.45, 7) is 0.758. The number of aliphatic hydroxyl groups is 1. The molecule has 0 amide bonds. The second-order valence-corrected chi connectivity index (χ2v) is 4.63. The van der Waals surface area contributed by atoms with Crippen molar-refractivity contribution in [1.29, 1.82) is 0 Å². The van der Waals surface area contributed by atoms with Crippen LogP contribution < -0.4 is 4.74 Å². The lowest BCUT2D eigenvalue weighted by atomic mass is 9.98. The molecule has 2 rings (SSSR count). The molecule has 0 saturated carbocycles. The zero-order chi connectivity index (χ0) is 13.0. The lowest BCUT2D eigenvalue weighted by Gasteiger charge is -2.25. The smallest absolute Gasteiger partial charge is 0.165 e. The first-order chi connectivity index (χ1) is 8.70. The monoisotopic (exact) mass is 254 g/mol. The highest BCUT2D eigenvalue weighted by Crippen LogP contribution is 2.27. The first-order valence-electron chi connectivity index (χ1n) is 6.34. The van der Waals surface area contributed by atoms with Crippen LogP contribution in [0.4, 0.5) is 4.39 Å². The molecule has 1 N–H and O–H groups in total. The van der Waals surface area contributed by atoms with Crippen LogP contribution in [-0.2, 0) is 4.74 Å². The van der Waals surface area contributed by atoms with Gasteiger partial charge in [0.25, 0.3) is 0 Å². The molecule has 4 heteroatoms. The van der Waals surface area contributed by atoms with E-state index in [2.05, 4.69) is 0 Å². The first kappa shape index (κ1) is 13.3. The number of hydrogen-bond acceptors (Lipinski definition) is 3. The third-order valence-electron chi connectivity index (χ3n) is 3.32. The van der Waals surface area contributed by atoms with Crippen LogP contribution in [0.5, 0.6) is 5.75 Å². The maximum absolute atomic E-state index is 13.5. The van der Waals surface area contributed by atoms with Gasteiger partial charge in [-0.2, -0.15) is 0 Å². The molecule has 0 aliphatic carbocycles. The molecule has 0 bridgehead atoms. The molecule has 1 aliphatic heterocycles. The maximum atomic E-state index is 13.5. The Morgan fingerprint density at radius 3 is 2.94 bits per heavy atom. The minimum Gasteiger partial charge on any atom is -0.494 e. The molecular formula is C14H19FO3. The molecule has 0 aromatic heterocycles. The highest BCUT2D eigenvalue weighted by molar-refractivity contribution is 5.30. The number of methoxy groups -OCH3 is 1. The average molecular weight is 254 g/mol. The largest absolute Gasteiger partial charge is 0.494 e. The maximum Gasteiger partial charge on any atom is 0.165 e. The second-order valence-electron chi connectivity index (χ2n) is 4.63. The van der Waals surface area contributed by atoms with Crippen LogP contribution in [0.1, 0.15) is 37.4 Å². The van der Waals surface area contributed by atoms with Crippen molar-refractivity contribution in [2.24, 2.45) is 0 Å². The van der Waals surface area contributed by atoms with Gasteiger partial charge in [-0.1, -0.05) is 6.07 Å². The first-order valence-corrected chi connectivity index (χ1v) is 6.34. The summed E-state index contributed by atoms with van der Waals surface area (Å²) in [5.74, 6) is -0.251. The van der Waals surface area contributed by atoms with Crippen LogP contribution in [0.2, 0.25) is 0 Å². The minimum atomic E-state index is -0.687. The number of rotatable bonds is 4. The van der Waals surface area contributed by atoms with E-state index in [0.29, 0.717) is 12.0 Å². The van der Waals surface area contributed by atoms with Gasteiger partial charge < -0.3 is 14.6 Å². The van der Waals surface area contributed by atoms with Crippen molar-refractivity contribution < 1.29 is 19.0 Å². The standard InChI is InChI=1S/C14H19FO3/c1-17-14-6-5-10(8-12(14)15)13(16)9-11-4-2-3-7-18-11/h5-6,8,11,13,16H,2-4,7,9H2,1H3. The molecule has 2 atom stereocenters. The molecule has 1 aromatic rings. The van der Waals surface area contributed by atoms with Crippen LogP contribution in [0.15, 0.2) is 18.2 Å². The molecule has 0 radical (unpaired) electrons. The number of hydrogen-bond donors (Lipinski definition) is 1. The van der Waals surface area contributed by atoms with Crippen molar-refractivity contribution in [3.63, 3.8) is 0 Å². The number of ether oxygens (including phenoxy) is 2. The fourth-order valence-corrected chi connectivity index (χ4v) is 2.27. The number of aliphatic hydroxyl groups excluding tert-OH is 1. The van der Waals surface area contributed by atoms with Crippen molar-refractivity contribution in [2.75, 3.05) is 13.7 Å². The highest BCUT2D eigenvalue weighted by atomic mass is 19.1. The van der Waals surface area contributed by atoms with Gasteiger partial charge >= 0.3 is 0 Å². The predicted molar refractivity (Wildman–Crippen MR) is 66.1 cm³/mol. The van der Waals surface area contributed by atoms with E-state index in [4.69, 9.17) is 9.47 Å². The van der Waals surface area contributed by atoms with Crippen LogP contribution in [-0.4, -0.2) is 24.9 Å². The summed E-state index contributed by atoms with van der Waals surface area (Å²) < 4.78 is 23.9. The van der Waals surface area contributed by atoms with E-state index in [1.165, 1.54) is 19.2 Å². The Hall–Kier alpha value is -1.13. The van der Waals surface area contributed by atoms with Crippen molar-refractivity contribution >= 4 is 0 Å². The molecular weight excluding hydrogens is 235 g/mol. The Morgan fingerprint density at radius 2 is 2.33 bits per heavy atom. The van der Waals surface area contributed by atoms with Crippen LogP contribution in [0.25, 0.3) is 0 Å². The Bertz CT molecular complexity index is 389. The van der Waals surface area contributed by atoms with Crippen molar-refractivity contribution in [3.05, 3.63) is 29.6 Å². The molecule has 1 aliphatic rings. The summed E-state index contributed by atoms with van der Waals surface area (Å²) in [6.07, 6.45) is 3.10. The van der Waals surface area contributed by atoms with Crippen LogP contribution >= 0.6 is 0 Å². The third-order valence-corrected chi connectivity index (χ3v) is 3.32. The zero-order valence-corrected chi connectivity index (χ0v) is 10.6. The topological polar surface area (TPSA) is 38.7 Å². The van der Waals surface area contributed by atoms with E-state index in [0.717, 1.165) is 25.9 Å². The van der Waals surface area contributed by atoms with Gasteiger partial charge in [0.2, 0.25) is 0 Å². The Labute approximate surface area is 107 Å². The Morgan fingerprint density at radius 1 is 1.50 bits per heavy atom. The fourth-order valence-electron chi connectivity index (χ4n) is 2.27. The van der Waals surface area contributed by atoms with Gasteiger partial charge in [-0.25, -0.2) is 4.39 Å². The summed E-state index contributed by atoms with van der Waals surface area (Å²) in [5, 5.41) is 10.1. The zero-order valence-electron chi connectivity index (χ0n) is 10.6. The van der Waals surface area contributed by atoms with E-state index in [-0.39, 0.29) is 11.9 Å². The van der Waals surface area contributed by atoms with Crippen LogP contribution in [0, 0.1) is 5.82 Å². The average Bonchev–Trinajstić information content (AvgIpc) is 2.39. The number of halogens is 1. The summed E-state index contributed by atoms with van der Waals surface area (Å²) >= 11 is 0. The molecule has 1 aromatic carbocycles. The van der Waals surface area contributed by atoms with Gasteiger partial charge in [0.15, 0.2) is 11.6 Å². The lowest BCUT2D eigenvalue weighted by molar-refractivity contribution is -0.0156. The van der Waals surface area contributed by atoms with E-state index >= 15 is 0 Å². The van der Waals surface area contributed by atoms with Crippen molar-refractivity contribution in [1.82, 2.24) is 0 Å². The van der Waals surface area contributed by atoms with Gasteiger partial charge in [0, 0.05) is 13.0 Å². The van der Waals surface area contributed by atoms with Gasteiger partial charge in [0.05, 0.1) is 19.3 Å². The molecule has 3 nitrogen and oxygen atoms in total. The number of benzene rings is 1. The van der Waals surface area contributed by atoms with E-state index in [1.54, 1.807) is 6.07 Å². The summed E-state index contributed by atoms with van der Waals surface area (Å²) in [7, 11) is 1.42. The van der Waals surface area contributed by atoms with Crippen molar-refractivity contribution in [3.8, 4) is 5.75 Å². The molecule has 1 saturated heterocycles. The van der Waals surface area contributed by atoms with Gasteiger partial charge in [-0.05, 0) is 37.0 Å². The third kappa shape index (κ3) is 3.21. The minimum absolute atomic E-state index is 0.0823. The van der Waals surface area contributed by atoms with Crippen molar-refractivity contribution in [2.45, 2.75) is 37.9 Å². The van der Waals surface area contributed by atoms with Gasteiger partial charge in [-0.3, -0.25) is 0 Å². The molecule has 2 unspecified atom stereocenters. The second kappa shape index (κ2) is 6.16. The quantitative estimate of drug-likeness (QED) is 0.898. The molecule has 1 fully saturated rings. The van der Waals surface area contributed by atoms with E-state index < -0.39 is 11.9 Å². The van der Waals surface area contributed by atoms with E-state index in [9.17, 15) is 9.50 Å². The molecule has 18 heavy (non-hydrogen) atoms. The predicted octanol–water partition coefficient (Wildman–Crippen LogP) is 2.83. The lowest BCUT2D eigenvalue weighted by Crippen LogP contribution is -2.21. The van der Waals surface area contributed by atoms with Crippen LogP contribution in [0.3, 0.4) is 0 Å². The van der Waals surface area contributed by atoms with Gasteiger partial charge in [-0.15, -0.1) is 0 Å². The molecule has 1 heterocycles. The summed E-state index contributed by atoms with van der Waals surface area (Å²) in [4.78, 5) is 0. The molecule has 0 spiro atoms. The Balaban J connectivity index is 1.99. The SMILES string of the molecule is COc1ccc(C(O)CC2CCCCO2)cc1F. The highest BCUT2D eigenvalue weighted by Gasteiger charge is 2.20. The van der Waals surface area contributed by atoms with Gasteiger partial charge in [0.1, 0.15) is 0 Å². The summed E-state index contributed by atoms with van der Waals surface area (Å²) in [6, 6.07) is 4.55. The normalized spacial score (nSPS) is 21.6. The molecule has 100 valence electrons. The fraction of sp³-hybridized carbons (Fsp3) is 0.571. The van der Waals surface area contributed by atoms with E-state index in [1.807, 2.05) is 0 Å².